The lowest BCUT2D eigenvalue weighted by Crippen LogP contribution is -2.36. The average molecular weight is 445 g/mol. The van der Waals surface area contributed by atoms with E-state index in [9.17, 15) is 22.4 Å². The summed E-state index contributed by atoms with van der Waals surface area (Å²) in [6, 6.07) is 10.6. The highest BCUT2D eigenvalue weighted by molar-refractivity contribution is 7.91. The molecule has 0 radical (unpaired) electrons. The molecule has 6 nitrogen and oxygen atoms in total. The van der Waals surface area contributed by atoms with Crippen LogP contribution in [0.4, 0.5) is 10.1 Å². The number of amides is 2. The number of carbonyl (C=O) groups excluding carboxylic acids is 2. The molecule has 1 aliphatic heterocycles. The largest absolute Gasteiger partial charge is 0.352 e. The number of carbonyl (C=O) groups is 2. The predicted molar refractivity (Wildman–Crippen MR) is 115 cm³/mol. The zero-order chi connectivity index (χ0) is 22.2. The minimum atomic E-state index is -3.64. The van der Waals surface area contributed by atoms with Gasteiger partial charge in [0, 0.05) is 30.6 Å². The van der Waals surface area contributed by atoms with Gasteiger partial charge in [0.25, 0.3) is 0 Å². The van der Waals surface area contributed by atoms with E-state index in [0.717, 1.165) is 29.7 Å². The van der Waals surface area contributed by atoms with Gasteiger partial charge in [-0.15, -0.1) is 0 Å². The van der Waals surface area contributed by atoms with Crippen LogP contribution >= 0.6 is 0 Å². The summed E-state index contributed by atoms with van der Waals surface area (Å²) in [5.41, 5.74) is 2.37. The molecule has 1 fully saturated rings. The zero-order valence-corrected chi connectivity index (χ0v) is 18.1. The molecule has 0 unspecified atom stereocenters. The molecule has 8 heteroatoms. The smallest absolute Gasteiger partial charge is 0.230 e. The Hall–Kier alpha value is -2.74. The Morgan fingerprint density at radius 3 is 2.52 bits per heavy atom. The standard InChI is InChI=1S/C23H25FN2O4S/c1-15-12-18-13-20(8-9-21(18)26(15)23(28)17-4-5-17)31(29,30)11-10-22(27)25-14-16-2-6-19(24)7-3-16/h2-3,6-9,13,15,17H,4-5,10-12,14H2,1H3,(H,25,27)/t15-/m0/s1. The second-order valence-corrected chi connectivity index (χ2v) is 10.4. The molecule has 2 aromatic rings. The summed E-state index contributed by atoms with van der Waals surface area (Å²) in [5, 5.41) is 2.65. The van der Waals surface area contributed by atoms with Crippen molar-refractivity contribution in [1.29, 1.82) is 0 Å². The molecule has 0 aromatic heterocycles. The monoisotopic (exact) mass is 444 g/mol. The first-order valence-electron chi connectivity index (χ1n) is 10.4. The van der Waals surface area contributed by atoms with Crippen molar-refractivity contribution in [1.82, 2.24) is 5.32 Å². The van der Waals surface area contributed by atoms with Crippen LogP contribution in [0.5, 0.6) is 0 Å². The summed E-state index contributed by atoms with van der Waals surface area (Å²) in [6.45, 7) is 2.18. The van der Waals surface area contributed by atoms with Crippen molar-refractivity contribution in [2.24, 2.45) is 5.92 Å². The van der Waals surface area contributed by atoms with Crippen LogP contribution < -0.4 is 10.2 Å². The highest BCUT2D eigenvalue weighted by Crippen LogP contribution is 2.39. The number of rotatable bonds is 7. The van der Waals surface area contributed by atoms with E-state index in [1.165, 1.54) is 18.2 Å². The Morgan fingerprint density at radius 2 is 1.84 bits per heavy atom. The molecule has 2 aromatic carbocycles. The summed E-state index contributed by atoms with van der Waals surface area (Å²) in [7, 11) is -3.64. The van der Waals surface area contributed by atoms with Gasteiger partial charge in [0.05, 0.1) is 10.6 Å². The number of sulfone groups is 1. The van der Waals surface area contributed by atoms with Gasteiger partial charge in [0.2, 0.25) is 11.8 Å². The molecule has 31 heavy (non-hydrogen) atoms. The van der Waals surface area contributed by atoms with Crippen molar-refractivity contribution < 1.29 is 22.4 Å². The average Bonchev–Trinajstić information content (AvgIpc) is 3.53. The maximum Gasteiger partial charge on any atom is 0.230 e. The molecule has 2 amide bonds. The molecule has 1 atom stereocenters. The fourth-order valence-corrected chi connectivity index (χ4v) is 5.19. The topological polar surface area (TPSA) is 83.6 Å². The third kappa shape index (κ3) is 4.79. The van der Waals surface area contributed by atoms with E-state index in [0.29, 0.717) is 6.42 Å². The van der Waals surface area contributed by atoms with E-state index >= 15 is 0 Å². The van der Waals surface area contributed by atoms with Gasteiger partial charge in [-0.05, 0) is 67.6 Å². The molecular formula is C23H25FN2O4S. The lowest BCUT2D eigenvalue weighted by molar-refractivity contribution is -0.121. The number of hydrogen-bond donors (Lipinski definition) is 1. The summed E-state index contributed by atoms with van der Waals surface area (Å²) >= 11 is 0. The van der Waals surface area contributed by atoms with Gasteiger partial charge in [-0.25, -0.2) is 12.8 Å². The minimum absolute atomic E-state index is 0.0123. The summed E-state index contributed by atoms with van der Waals surface area (Å²) in [6.07, 6.45) is 2.30. The Morgan fingerprint density at radius 1 is 1.13 bits per heavy atom. The molecule has 1 aliphatic carbocycles. The van der Waals surface area contributed by atoms with Crippen LogP contribution in [0.15, 0.2) is 47.4 Å². The number of halogens is 1. The number of hydrogen-bond acceptors (Lipinski definition) is 4. The molecule has 0 saturated heterocycles. The second kappa shape index (κ2) is 8.42. The maximum absolute atomic E-state index is 12.9. The second-order valence-electron chi connectivity index (χ2n) is 8.30. The van der Waals surface area contributed by atoms with Crippen LogP contribution in [0, 0.1) is 11.7 Å². The van der Waals surface area contributed by atoms with Gasteiger partial charge in [-0.3, -0.25) is 9.59 Å². The summed E-state index contributed by atoms with van der Waals surface area (Å²) in [5.74, 6) is -0.819. The first-order chi connectivity index (χ1) is 14.7. The van der Waals surface area contributed by atoms with Crippen LogP contribution in [-0.2, 0) is 32.4 Å². The van der Waals surface area contributed by atoms with Gasteiger partial charge in [0.1, 0.15) is 5.82 Å². The molecule has 164 valence electrons. The van der Waals surface area contributed by atoms with Crippen molar-refractivity contribution in [3.05, 3.63) is 59.4 Å². The summed E-state index contributed by atoms with van der Waals surface area (Å²) < 4.78 is 38.5. The first kappa shape index (κ1) is 21.5. The molecular weight excluding hydrogens is 419 g/mol. The van der Waals surface area contributed by atoms with Gasteiger partial charge < -0.3 is 10.2 Å². The van der Waals surface area contributed by atoms with E-state index in [1.807, 2.05) is 6.92 Å². The molecule has 0 bridgehead atoms. The van der Waals surface area contributed by atoms with E-state index in [-0.39, 0.29) is 53.2 Å². The molecule has 4 rings (SSSR count). The number of benzene rings is 2. The van der Waals surface area contributed by atoms with E-state index in [1.54, 1.807) is 29.2 Å². The van der Waals surface area contributed by atoms with Gasteiger partial charge >= 0.3 is 0 Å². The third-order valence-corrected chi connectivity index (χ3v) is 7.50. The van der Waals surface area contributed by atoms with Crippen molar-refractivity contribution >= 4 is 27.3 Å². The first-order valence-corrected chi connectivity index (χ1v) is 12.1. The van der Waals surface area contributed by atoms with Crippen LogP contribution in [0.1, 0.15) is 37.3 Å². The molecule has 2 aliphatic rings. The van der Waals surface area contributed by atoms with Crippen LogP contribution in [0.2, 0.25) is 0 Å². The van der Waals surface area contributed by atoms with Gasteiger partial charge in [-0.2, -0.15) is 0 Å². The maximum atomic E-state index is 12.9. The Balaban J connectivity index is 1.37. The fraction of sp³-hybridized carbons (Fsp3) is 0.391. The highest BCUT2D eigenvalue weighted by Gasteiger charge is 2.39. The third-order valence-electron chi connectivity index (χ3n) is 5.79. The van der Waals surface area contributed by atoms with E-state index in [2.05, 4.69) is 5.32 Å². The Labute approximate surface area is 181 Å². The molecule has 1 saturated carbocycles. The fourth-order valence-electron chi connectivity index (χ4n) is 3.90. The van der Waals surface area contributed by atoms with Gasteiger partial charge in [-0.1, -0.05) is 12.1 Å². The molecule has 1 heterocycles. The number of nitrogens with zero attached hydrogens (tertiary/aromatic N) is 1. The number of nitrogens with one attached hydrogen (secondary N) is 1. The number of anilines is 1. The van der Waals surface area contributed by atoms with Crippen molar-refractivity contribution in [3.63, 3.8) is 0 Å². The number of fused-ring (bicyclic) bond motifs is 1. The van der Waals surface area contributed by atoms with Crippen LogP contribution in [-0.4, -0.2) is 32.0 Å². The predicted octanol–water partition coefficient (Wildman–Crippen LogP) is 2.99. The van der Waals surface area contributed by atoms with Crippen LogP contribution in [0.3, 0.4) is 0 Å². The lowest BCUT2D eigenvalue weighted by atomic mass is 10.1. The van der Waals surface area contributed by atoms with Gasteiger partial charge in [0.15, 0.2) is 9.84 Å². The van der Waals surface area contributed by atoms with E-state index < -0.39 is 9.84 Å². The zero-order valence-electron chi connectivity index (χ0n) is 17.3. The van der Waals surface area contributed by atoms with Crippen molar-refractivity contribution in [3.8, 4) is 0 Å². The van der Waals surface area contributed by atoms with Crippen molar-refractivity contribution in [2.45, 2.75) is 50.1 Å². The van der Waals surface area contributed by atoms with Crippen molar-refractivity contribution in [2.75, 3.05) is 10.7 Å². The van der Waals surface area contributed by atoms with E-state index in [4.69, 9.17) is 0 Å². The molecule has 1 N–H and O–H groups in total. The Kier molecular flexibility index (Phi) is 5.83. The Bertz CT molecular complexity index is 1110. The lowest BCUT2D eigenvalue weighted by Gasteiger charge is -2.22. The highest BCUT2D eigenvalue weighted by atomic mass is 32.2. The summed E-state index contributed by atoms with van der Waals surface area (Å²) in [4.78, 5) is 26.6. The molecule has 0 spiro atoms. The quantitative estimate of drug-likeness (QED) is 0.712. The SMILES string of the molecule is C[C@H]1Cc2cc(S(=O)(=O)CCC(=O)NCc3ccc(F)cc3)ccc2N1C(=O)C1CC1. The normalized spacial score (nSPS) is 18.0. The van der Waals surface area contributed by atoms with Crippen LogP contribution in [0.25, 0.3) is 0 Å². The minimum Gasteiger partial charge on any atom is -0.352 e.